The Labute approximate surface area is 77.4 Å². The quantitative estimate of drug-likeness (QED) is 0.337. The monoisotopic (exact) mass is 189 g/mol. The molecule has 0 aromatic rings. The standard InChI is InChI=1S/C8H15NO4/c1-7(9)8(10)13-6-5-12-4-3-11-2/h1,3-6,9H2,2H3. The number of esters is 1. The van der Waals surface area contributed by atoms with E-state index in [2.05, 4.69) is 11.3 Å². The fraction of sp³-hybridized carbons (Fsp3) is 0.625. The summed E-state index contributed by atoms with van der Waals surface area (Å²) in [6.45, 7) is 4.75. The first-order chi connectivity index (χ1) is 6.18. The van der Waals surface area contributed by atoms with Gasteiger partial charge in [-0.05, 0) is 0 Å². The molecule has 13 heavy (non-hydrogen) atoms. The third-order valence-electron chi connectivity index (χ3n) is 1.15. The summed E-state index contributed by atoms with van der Waals surface area (Å²) >= 11 is 0. The van der Waals surface area contributed by atoms with Crippen molar-refractivity contribution in [2.75, 3.05) is 33.5 Å². The number of nitrogens with two attached hydrogens (primary N) is 1. The Kier molecular flexibility index (Phi) is 6.95. The Morgan fingerprint density at radius 1 is 1.31 bits per heavy atom. The van der Waals surface area contributed by atoms with Crippen LogP contribution in [0.5, 0.6) is 0 Å². The molecule has 0 aliphatic heterocycles. The molecule has 0 spiro atoms. The summed E-state index contributed by atoms with van der Waals surface area (Å²) in [6.07, 6.45) is 0. The third kappa shape index (κ3) is 7.30. The highest BCUT2D eigenvalue weighted by Crippen LogP contribution is 1.85. The van der Waals surface area contributed by atoms with Gasteiger partial charge in [0.05, 0.1) is 19.8 Å². The van der Waals surface area contributed by atoms with Gasteiger partial charge in [-0.15, -0.1) is 0 Å². The molecule has 0 aliphatic carbocycles. The SMILES string of the molecule is C=C(N)C(=O)OCCOCCOC. The summed E-state index contributed by atoms with van der Waals surface area (Å²) in [5.74, 6) is -0.602. The fourth-order valence-corrected chi connectivity index (χ4v) is 0.530. The van der Waals surface area contributed by atoms with Crippen LogP contribution in [0.2, 0.25) is 0 Å². The molecule has 0 amide bonds. The molecule has 0 aliphatic rings. The molecule has 0 unspecified atom stereocenters. The van der Waals surface area contributed by atoms with Crippen LogP contribution in [0.4, 0.5) is 0 Å². The molecule has 76 valence electrons. The number of methoxy groups -OCH3 is 1. The maximum atomic E-state index is 10.7. The molecule has 0 rings (SSSR count). The molecular weight excluding hydrogens is 174 g/mol. The van der Waals surface area contributed by atoms with E-state index in [1.165, 1.54) is 0 Å². The zero-order valence-corrected chi connectivity index (χ0v) is 7.75. The van der Waals surface area contributed by atoms with Crippen LogP contribution in [0.15, 0.2) is 12.3 Å². The number of ether oxygens (including phenoxy) is 3. The predicted molar refractivity (Wildman–Crippen MR) is 47.0 cm³/mol. The lowest BCUT2D eigenvalue weighted by atomic mass is 10.5. The molecule has 0 atom stereocenters. The Balaban J connectivity index is 3.16. The highest BCUT2D eigenvalue weighted by Gasteiger charge is 2.02. The molecule has 0 radical (unpaired) electrons. The average molecular weight is 189 g/mol. The molecule has 0 heterocycles. The first-order valence-electron chi connectivity index (χ1n) is 3.86. The lowest BCUT2D eigenvalue weighted by Crippen LogP contribution is -2.17. The molecule has 0 aromatic carbocycles. The molecule has 5 heteroatoms. The van der Waals surface area contributed by atoms with E-state index < -0.39 is 5.97 Å². The summed E-state index contributed by atoms with van der Waals surface area (Å²) in [6, 6.07) is 0. The Hall–Kier alpha value is -1.07. The number of hydrogen-bond acceptors (Lipinski definition) is 5. The fourth-order valence-electron chi connectivity index (χ4n) is 0.530. The number of carbonyl (C=O) groups excluding carboxylic acids is 1. The van der Waals surface area contributed by atoms with E-state index in [1.807, 2.05) is 0 Å². The molecule has 0 bridgehead atoms. The zero-order chi connectivity index (χ0) is 10.1. The van der Waals surface area contributed by atoms with Gasteiger partial charge in [0.25, 0.3) is 0 Å². The number of hydrogen-bond donors (Lipinski definition) is 1. The highest BCUT2D eigenvalue weighted by atomic mass is 16.6. The Bertz CT molecular complexity index is 170. The van der Waals surface area contributed by atoms with Gasteiger partial charge >= 0.3 is 5.97 Å². The van der Waals surface area contributed by atoms with Gasteiger partial charge in [0.15, 0.2) is 0 Å². The maximum Gasteiger partial charge on any atom is 0.353 e. The van der Waals surface area contributed by atoms with Crippen molar-refractivity contribution in [3.63, 3.8) is 0 Å². The molecule has 0 fully saturated rings. The molecule has 0 saturated heterocycles. The summed E-state index contributed by atoms with van der Waals surface area (Å²) in [5, 5.41) is 0. The van der Waals surface area contributed by atoms with E-state index in [0.29, 0.717) is 19.8 Å². The van der Waals surface area contributed by atoms with Crippen LogP contribution < -0.4 is 5.73 Å². The summed E-state index contributed by atoms with van der Waals surface area (Å²) in [5.41, 5.74) is 4.97. The Morgan fingerprint density at radius 2 is 1.92 bits per heavy atom. The van der Waals surface area contributed by atoms with Crippen molar-refractivity contribution in [2.45, 2.75) is 0 Å². The van der Waals surface area contributed by atoms with Crippen molar-refractivity contribution in [3.05, 3.63) is 12.3 Å². The van der Waals surface area contributed by atoms with Crippen molar-refractivity contribution >= 4 is 5.97 Å². The molecule has 0 aromatic heterocycles. The summed E-state index contributed by atoms with van der Waals surface area (Å²) < 4.78 is 14.4. The topological polar surface area (TPSA) is 70.8 Å². The van der Waals surface area contributed by atoms with E-state index in [0.717, 1.165) is 0 Å². The minimum Gasteiger partial charge on any atom is -0.459 e. The van der Waals surface area contributed by atoms with Gasteiger partial charge in [-0.2, -0.15) is 0 Å². The van der Waals surface area contributed by atoms with Gasteiger partial charge in [-0.1, -0.05) is 6.58 Å². The van der Waals surface area contributed by atoms with Gasteiger partial charge < -0.3 is 19.9 Å². The first-order valence-corrected chi connectivity index (χ1v) is 3.86. The predicted octanol–water partition coefficient (Wildman–Crippen LogP) is -0.335. The lowest BCUT2D eigenvalue weighted by Gasteiger charge is -2.04. The van der Waals surface area contributed by atoms with Crippen molar-refractivity contribution < 1.29 is 19.0 Å². The van der Waals surface area contributed by atoms with Crippen molar-refractivity contribution in [1.29, 1.82) is 0 Å². The molecule has 5 nitrogen and oxygen atoms in total. The van der Waals surface area contributed by atoms with E-state index in [1.54, 1.807) is 7.11 Å². The average Bonchev–Trinajstić information content (AvgIpc) is 2.10. The van der Waals surface area contributed by atoms with Gasteiger partial charge in [-0.3, -0.25) is 0 Å². The minimum absolute atomic E-state index is 0.100. The number of carbonyl (C=O) groups is 1. The second kappa shape index (κ2) is 7.57. The zero-order valence-electron chi connectivity index (χ0n) is 7.75. The van der Waals surface area contributed by atoms with Gasteiger partial charge in [0.2, 0.25) is 0 Å². The van der Waals surface area contributed by atoms with E-state index in [4.69, 9.17) is 15.2 Å². The largest absolute Gasteiger partial charge is 0.459 e. The maximum absolute atomic E-state index is 10.7. The van der Waals surface area contributed by atoms with Crippen molar-refractivity contribution in [3.8, 4) is 0 Å². The van der Waals surface area contributed by atoms with E-state index >= 15 is 0 Å². The van der Waals surface area contributed by atoms with E-state index in [-0.39, 0.29) is 12.3 Å². The van der Waals surface area contributed by atoms with Crippen molar-refractivity contribution in [1.82, 2.24) is 0 Å². The van der Waals surface area contributed by atoms with Crippen LogP contribution in [0.25, 0.3) is 0 Å². The van der Waals surface area contributed by atoms with Crippen LogP contribution in [0.1, 0.15) is 0 Å². The lowest BCUT2D eigenvalue weighted by molar-refractivity contribution is -0.140. The highest BCUT2D eigenvalue weighted by molar-refractivity contribution is 5.86. The second-order valence-corrected chi connectivity index (χ2v) is 2.27. The van der Waals surface area contributed by atoms with Crippen LogP contribution in [0, 0.1) is 0 Å². The first kappa shape index (κ1) is 11.9. The molecular formula is C8H15NO4. The number of rotatable bonds is 7. The minimum atomic E-state index is -0.602. The van der Waals surface area contributed by atoms with Gasteiger partial charge in [0, 0.05) is 7.11 Å². The van der Waals surface area contributed by atoms with Crippen LogP contribution in [-0.4, -0.2) is 39.5 Å². The van der Waals surface area contributed by atoms with Gasteiger partial charge in [-0.25, -0.2) is 4.79 Å². The van der Waals surface area contributed by atoms with Crippen LogP contribution in [-0.2, 0) is 19.0 Å². The van der Waals surface area contributed by atoms with Crippen LogP contribution in [0.3, 0.4) is 0 Å². The van der Waals surface area contributed by atoms with E-state index in [9.17, 15) is 4.79 Å². The summed E-state index contributed by atoms with van der Waals surface area (Å²) in [7, 11) is 1.59. The van der Waals surface area contributed by atoms with Crippen molar-refractivity contribution in [2.24, 2.45) is 5.73 Å². The normalized spacial score (nSPS) is 9.62. The molecule has 2 N–H and O–H groups in total. The van der Waals surface area contributed by atoms with Crippen LogP contribution >= 0.6 is 0 Å². The summed E-state index contributed by atoms with van der Waals surface area (Å²) in [4.78, 5) is 10.7. The third-order valence-corrected chi connectivity index (χ3v) is 1.15. The Morgan fingerprint density at radius 3 is 2.46 bits per heavy atom. The second-order valence-electron chi connectivity index (χ2n) is 2.27. The molecule has 0 saturated carbocycles. The smallest absolute Gasteiger partial charge is 0.353 e. The van der Waals surface area contributed by atoms with Gasteiger partial charge in [0.1, 0.15) is 12.3 Å².